The number of hydrogen-bond donors (Lipinski definition) is 2. The summed E-state index contributed by atoms with van der Waals surface area (Å²) in [6.07, 6.45) is 4.68. The first-order valence-corrected chi connectivity index (χ1v) is 9.92. The monoisotopic (exact) mass is 414 g/mol. The zero-order chi connectivity index (χ0) is 21.8. The molecule has 3 aromatic rings. The third kappa shape index (κ3) is 4.36. The standard InChI is InChI=1S/C24H22N4O3/c1-31-21(29)13-16-7-2-3-10-19(16)27-24(30)23-26-20-11-5-9-18(20)22(28-23)17-8-4-6-15(12-17)14-25/h2-10,12H,11,13-14,25H2,1H3,(H,27,30). The highest BCUT2D eigenvalue weighted by atomic mass is 16.5. The van der Waals surface area contributed by atoms with Gasteiger partial charge >= 0.3 is 5.97 Å². The van der Waals surface area contributed by atoms with Crippen LogP contribution >= 0.6 is 0 Å². The second-order valence-electron chi connectivity index (χ2n) is 7.13. The molecule has 0 saturated heterocycles. The lowest BCUT2D eigenvalue weighted by atomic mass is 10.0. The van der Waals surface area contributed by atoms with Gasteiger partial charge in [-0.1, -0.05) is 48.6 Å². The van der Waals surface area contributed by atoms with Gasteiger partial charge in [0, 0.05) is 29.8 Å². The molecule has 0 radical (unpaired) electrons. The van der Waals surface area contributed by atoms with Gasteiger partial charge in [0.2, 0.25) is 5.82 Å². The van der Waals surface area contributed by atoms with Crippen molar-refractivity contribution in [1.82, 2.24) is 9.97 Å². The largest absolute Gasteiger partial charge is 0.469 e. The predicted octanol–water partition coefficient (Wildman–Crippen LogP) is 3.14. The number of benzene rings is 2. The normalized spacial score (nSPS) is 11.8. The summed E-state index contributed by atoms with van der Waals surface area (Å²) in [5.41, 5.74) is 11.2. The van der Waals surface area contributed by atoms with E-state index in [0.717, 1.165) is 22.4 Å². The maximum absolute atomic E-state index is 13.0. The van der Waals surface area contributed by atoms with E-state index in [1.54, 1.807) is 24.3 Å². The number of nitrogens with zero attached hydrogens (tertiary/aromatic N) is 2. The van der Waals surface area contributed by atoms with E-state index in [9.17, 15) is 9.59 Å². The molecule has 7 nitrogen and oxygen atoms in total. The van der Waals surface area contributed by atoms with Crippen LogP contribution in [0.2, 0.25) is 0 Å². The fourth-order valence-corrected chi connectivity index (χ4v) is 3.50. The van der Waals surface area contributed by atoms with E-state index in [-0.39, 0.29) is 18.2 Å². The van der Waals surface area contributed by atoms with Gasteiger partial charge in [-0.2, -0.15) is 0 Å². The molecule has 0 aliphatic heterocycles. The van der Waals surface area contributed by atoms with Crippen LogP contribution in [0.25, 0.3) is 17.3 Å². The average molecular weight is 414 g/mol. The van der Waals surface area contributed by atoms with Crippen molar-refractivity contribution >= 4 is 23.6 Å². The minimum absolute atomic E-state index is 0.0546. The van der Waals surface area contributed by atoms with Crippen molar-refractivity contribution in [3.63, 3.8) is 0 Å². The number of hydrogen-bond acceptors (Lipinski definition) is 6. The van der Waals surface area contributed by atoms with Gasteiger partial charge in [0.25, 0.3) is 5.91 Å². The zero-order valence-electron chi connectivity index (χ0n) is 17.1. The summed E-state index contributed by atoms with van der Waals surface area (Å²) in [6.45, 7) is 0.418. The van der Waals surface area contributed by atoms with Gasteiger partial charge in [-0.3, -0.25) is 9.59 Å². The minimum atomic E-state index is -0.441. The van der Waals surface area contributed by atoms with E-state index in [0.29, 0.717) is 29.9 Å². The number of fused-ring (bicyclic) bond motifs is 1. The van der Waals surface area contributed by atoms with Crippen LogP contribution < -0.4 is 11.1 Å². The summed E-state index contributed by atoms with van der Waals surface area (Å²) in [6, 6.07) is 14.9. The van der Waals surface area contributed by atoms with Crippen molar-refractivity contribution in [3.05, 3.63) is 82.8 Å². The van der Waals surface area contributed by atoms with Crippen LogP contribution in [0.1, 0.15) is 33.0 Å². The molecular weight excluding hydrogens is 392 g/mol. The Bertz CT molecular complexity index is 1190. The summed E-state index contributed by atoms with van der Waals surface area (Å²) in [7, 11) is 1.33. The number of nitrogens with two attached hydrogens (primary N) is 1. The Kier molecular flexibility index (Phi) is 5.86. The fourth-order valence-electron chi connectivity index (χ4n) is 3.50. The first-order valence-electron chi connectivity index (χ1n) is 9.92. The highest BCUT2D eigenvalue weighted by Gasteiger charge is 2.21. The quantitative estimate of drug-likeness (QED) is 0.600. The first-order chi connectivity index (χ1) is 15.1. The summed E-state index contributed by atoms with van der Waals surface area (Å²) in [4.78, 5) is 33.8. The second kappa shape index (κ2) is 8.89. The lowest BCUT2D eigenvalue weighted by Crippen LogP contribution is -2.19. The van der Waals surface area contributed by atoms with Crippen LogP contribution in [0, 0.1) is 0 Å². The number of para-hydroxylation sites is 1. The highest BCUT2D eigenvalue weighted by molar-refractivity contribution is 6.03. The molecule has 0 bridgehead atoms. The highest BCUT2D eigenvalue weighted by Crippen LogP contribution is 2.29. The molecule has 31 heavy (non-hydrogen) atoms. The number of carbonyl (C=O) groups is 2. The van der Waals surface area contributed by atoms with Crippen LogP contribution in [0.3, 0.4) is 0 Å². The van der Waals surface area contributed by atoms with E-state index in [4.69, 9.17) is 10.5 Å². The SMILES string of the molecule is COC(=O)Cc1ccccc1NC(=O)c1nc2c(c(-c3cccc(CN)c3)n1)C=CC2. The molecule has 1 amide bonds. The number of amides is 1. The summed E-state index contributed by atoms with van der Waals surface area (Å²) >= 11 is 0. The van der Waals surface area contributed by atoms with Gasteiger partial charge in [0.15, 0.2) is 0 Å². The molecule has 0 fully saturated rings. The van der Waals surface area contributed by atoms with E-state index in [1.807, 2.05) is 36.4 Å². The van der Waals surface area contributed by atoms with Gasteiger partial charge in [0.1, 0.15) is 0 Å². The lowest BCUT2D eigenvalue weighted by Gasteiger charge is -2.13. The van der Waals surface area contributed by atoms with Gasteiger partial charge in [0.05, 0.1) is 24.9 Å². The Hall–Kier alpha value is -3.84. The zero-order valence-corrected chi connectivity index (χ0v) is 17.1. The number of ether oxygens (including phenoxy) is 1. The van der Waals surface area contributed by atoms with E-state index in [2.05, 4.69) is 15.3 Å². The summed E-state index contributed by atoms with van der Waals surface area (Å²) in [5, 5.41) is 2.84. The Morgan fingerprint density at radius 2 is 1.97 bits per heavy atom. The Balaban J connectivity index is 1.68. The molecule has 0 spiro atoms. The van der Waals surface area contributed by atoms with Crippen LogP contribution in [0.5, 0.6) is 0 Å². The summed E-state index contributed by atoms with van der Waals surface area (Å²) in [5.74, 6) is -0.754. The maximum Gasteiger partial charge on any atom is 0.310 e. The van der Waals surface area contributed by atoms with Crippen LogP contribution in [0.15, 0.2) is 54.6 Å². The minimum Gasteiger partial charge on any atom is -0.469 e. The number of methoxy groups -OCH3 is 1. The van der Waals surface area contributed by atoms with Crippen molar-refractivity contribution < 1.29 is 14.3 Å². The third-order valence-corrected chi connectivity index (χ3v) is 5.09. The van der Waals surface area contributed by atoms with Gasteiger partial charge in [-0.05, 0) is 23.3 Å². The molecule has 1 heterocycles. The molecule has 1 aliphatic carbocycles. The number of esters is 1. The Morgan fingerprint density at radius 1 is 1.13 bits per heavy atom. The molecular formula is C24H22N4O3. The van der Waals surface area contributed by atoms with E-state index < -0.39 is 5.91 Å². The van der Waals surface area contributed by atoms with Gasteiger partial charge in [-0.25, -0.2) is 9.97 Å². The first kappa shape index (κ1) is 20.4. The van der Waals surface area contributed by atoms with Crippen molar-refractivity contribution in [1.29, 1.82) is 0 Å². The average Bonchev–Trinajstić information content (AvgIpc) is 3.28. The topological polar surface area (TPSA) is 107 Å². The fraction of sp³-hybridized carbons (Fsp3) is 0.167. The van der Waals surface area contributed by atoms with Crippen molar-refractivity contribution in [2.75, 3.05) is 12.4 Å². The molecule has 1 aliphatic rings. The molecule has 156 valence electrons. The Labute approximate surface area is 180 Å². The molecule has 0 atom stereocenters. The number of allylic oxidation sites excluding steroid dienone is 1. The number of nitrogens with one attached hydrogen (secondary N) is 1. The molecule has 1 aromatic heterocycles. The second-order valence-corrected chi connectivity index (χ2v) is 7.13. The van der Waals surface area contributed by atoms with Gasteiger partial charge < -0.3 is 15.8 Å². The number of anilines is 1. The maximum atomic E-state index is 13.0. The lowest BCUT2D eigenvalue weighted by molar-refractivity contribution is -0.139. The third-order valence-electron chi connectivity index (χ3n) is 5.09. The number of rotatable bonds is 6. The van der Waals surface area contributed by atoms with E-state index >= 15 is 0 Å². The van der Waals surface area contributed by atoms with Crippen molar-refractivity contribution in [2.24, 2.45) is 5.73 Å². The molecule has 4 rings (SSSR count). The molecule has 7 heteroatoms. The molecule has 2 aromatic carbocycles. The van der Waals surface area contributed by atoms with Crippen LogP contribution in [-0.4, -0.2) is 29.0 Å². The molecule has 3 N–H and O–H groups in total. The van der Waals surface area contributed by atoms with E-state index in [1.165, 1.54) is 7.11 Å². The summed E-state index contributed by atoms with van der Waals surface area (Å²) < 4.78 is 4.74. The van der Waals surface area contributed by atoms with Crippen LogP contribution in [-0.2, 0) is 28.9 Å². The number of aromatic nitrogens is 2. The van der Waals surface area contributed by atoms with Crippen LogP contribution in [0.4, 0.5) is 5.69 Å². The molecule has 0 saturated carbocycles. The predicted molar refractivity (Wildman–Crippen MR) is 118 cm³/mol. The molecule has 0 unspecified atom stereocenters. The van der Waals surface area contributed by atoms with Gasteiger partial charge in [-0.15, -0.1) is 0 Å². The number of carbonyl (C=O) groups excluding carboxylic acids is 2. The Morgan fingerprint density at radius 3 is 2.77 bits per heavy atom. The van der Waals surface area contributed by atoms with Crippen molar-refractivity contribution in [3.8, 4) is 11.3 Å². The smallest absolute Gasteiger partial charge is 0.310 e. The van der Waals surface area contributed by atoms with Crippen molar-refractivity contribution in [2.45, 2.75) is 19.4 Å².